The second kappa shape index (κ2) is 8.27. The molecule has 28 heavy (non-hydrogen) atoms. The number of amidine groups is 1. The Hall–Kier alpha value is -2.47. The van der Waals surface area contributed by atoms with Crippen molar-refractivity contribution in [1.29, 1.82) is 0 Å². The molecule has 0 aliphatic carbocycles. The third-order valence-corrected chi connectivity index (χ3v) is 5.73. The van der Waals surface area contributed by atoms with E-state index in [1.165, 1.54) is 24.6 Å². The number of nitrogens with zero attached hydrogens (tertiary/aromatic N) is 3. The molecule has 1 aromatic carbocycles. The highest BCUT2D eigenvalue weighted by molar-refractivity contribution is 8.18. The number of amides is 1. The van der Waals surface area contributed by atoms with E-state index < -0.39 is 0 Å². The van der Waals surface area contributed by atoms with Crippen molar-refractivity contribution < 1.29 is 9.21 Å². The fourth-order valence-corrected chi connectivity index (χ4v) is 4.37. The quantitative estimate of drug-likeness (QED) is 0.658. The molecule has 0 radical (unpaired) electrons. The third-order valence-electron chi connectivity index (χ3n) is 4.72. The number of benzene rings is 1. The van der Waals surface area contributed by atoms with Crippen LogP contribution in [-0.4, -0.2) is 35.6 Å². The van der Waals surface area contributed by atoms with Gasteiger partial charge in [-0.25, -0.2) is 4.99 Å². The van der Waals surface area contributed by atoms with Crippen LogP contribution < -0.4 is 4.90 Å². The van der Waals surface area contributed by atoms with Gasteiger partial charge < -0.3 is 9.32 Å². The Bertz CT molecular complexity index is 896. The van der Waals surface area contributed by atoms with E-state index in [9.17, 15) is 4.79 Å². The number of furan rings is 1. The number of rotatable bonds is 5. The van der Waals surface area contributed by atoms with Crippen molar-refractivity contribution in [2.24, 2.45) is 10.9 Å². The lowest BCUT2D eigenvalue weighted by molar-refractivity contribution is -0.122. The van der Waals surface area contributed by atoms with Gasteiger partial charge in [-0.2, -0.15) is 0 Å². The van der Waals surface area contributed by atoms with Crippen molar-refractivity contribution in [3.8, 4) is 0 Å². The zero-order valence-electron chi connectivity index (χ0n) is 16.3. The summed E-state index contributed by atoms with van der Waals surface area (Å²) in [5.74, 6) is 1.95. The number of aliphatic imine (C=N–C) groups is 1. The first-order valence-electron chi connectivity index (χ1n) is 9.80. The van der Waals surface area contributed by atoms with Crippen molar-refractivity contribution in [2.45, 2.75) is 26.7 Å². The number of thioether (sulfide) groups is 1. The van der Waals surface area contributed by atoms with E-state index in [1.807, 2.05) is 48.5 Å². The molecule has 2 aliphatic rings. The molecule has 5 nitrogen and oxygen atoms in total. The molecule has 2 aliphatic heterocycles. The molecule has 2 saturated heterocycles. The van der Waals surface area contributed by atoms with Crippen LogP contribution in [0.5, 0.6) is 0 Å². The Labute approximate surface area is 170 Å². The summed E-state index contributed by atoms with van der Waals surface area (Å²) in [4.78, 5) is 22.4. The summed E-state index contributed by atoms with van der Waals surface area (Å²) >= 11 is 1.41. The summed E-state index contributed by atoms with van der Waals surface area (Å²) in [5, 5.41) is 0.725. The van der Waals surface area contributed by atoms with E-state index in [0.717, 1.165) is 29.8 Å². The molecule has 2 aromatic rings. The second-order valence-electron chi connectivity index (χ2n) is 7.52. The number of hydrogen-bond acceptors (Lipinski definition) is 5. The van der Waals surface area contributed by atoms with E-state index in [1.54, 1.807) is 4.90 Å². The molecule has 0 unspecified atom stereocenters. The molecule has 0 saturated carbocycles. The third kappa shape index (κ3) is 4.17. The lowest BCUT2D eigenvalue weighted by atomic mass is 10.2. The molecule has 6 heteroatoms. The normalized spacial score (nSPS) is 20.3. The summed E-state index contributed by atoms with van der Waals surface area (Å²) in [6.07, 6.45) is 4.25. The minimum Gasteiger partial charge on any atom is -0.441 e. The first kappa shape index (κ1) is 18.9. The predicted molar refractivity (Wildman–Crippen MR) is 116 cm³/mol. The van der Waals surface area contributed by atoms with Gasteiger partial charge in [-0.05, 0) is 48.7 Å². The maximum absolute atomic E-state index is 13.0. The predicted octanol–water partition coefficient (Wildman–Crippen LogP) is 5.14. The van der Waals surface area contributed by atoms with E-state index >= 15 is 0 Å². The highest BCUT2D eigenvalue weighted by Crippen LogP contribution is 2.35. The van der Waals surface area contributed by atoms with Crippen molar-refractivity contribution in [2.75, 3.05) is 24.5 Å². The molecule has 1 amide bonds. The fraction of sp³-hybridized carbons (Fsp3) is 0.364. The lowest BCUT2D eigenvalue weighted by Crippen LogP contribution is -2.32. The van der Waals surface area contributed by atoms with Crippen molar-refractivity contribution in [1.82, 2.24) is 4.90 Å². The standard InChI is InChI=1S/C22H25N3O2S/c1-16(2)15-25-21(26)19(28-22(25)23-17-8-4-3-5-9-17)14-18-10-11-20(27-18)24-12-6-7-13-24/h3-5,8-11,14,16H,6-7,12-13,15H2,1-2H3/b19-14-,23-22?. The first-order valence-corrected chi connectivity index (χ1v) is 10.6. The Kier molecular flexibility index (Phi) is 5.57. The number of carbonyl (C=O) groups excluding carboxylic acids is 1. The molecular formula is C22H25N3O2S. The minimum absolute atomic E-state index is 0.00694. The summed E-state index contributed by atoms with van der Waals surface area (Å²) < 4.78 is 5.97. The van der Waals surface area contributed by atoms with Gasteiger partial charge in [0.2, 0.25) is 0 Å². The van der Waals surface area contributed by atoms with Crippen molar-refractivity contribution in [3.05, 3.63) is 53.1 Å². The fourth-order valence-electron chi connectivity index (χ4n) is 3.39. The molecule has 0 N–H and O–H groups in total. The summed E-state index contributed by atoms with van der Waals surface area (Å²) in [7, 11) is 0. The highest BCUT2D eigenvalue weighted by atomic mass is 32.2. The van der Waals surface area contributed by atoms with Crippen molar-refractivity contribution >= 4 is 40.5 Å². The van der Waals surface area contributed by atoms with Crippen LogP contribution in [0.4, 0.5) is 11.6 Å². The Morgan fingerprint density at radius 3 is 2.61 bits per heavy atom. The van der Waals surface area contributed by atoms with Gasteiger partial charge in [0.25, 0.3) is 5.91 Å². The molecule has 3 heterocycles. The summed E-state index contributed by atoms with van der Waals surface area (Å²) in [6.45, 7) is 6.93. The molecule has 0 atom stereocenters. The Balaban J connectivity index is 1.60. The Morgan fingerprint density at radius 2 is 1.89 bits per heavy atom. The lowest BCUT2D eigenvalue weighted by Gasteiger charge is -2.17. The van der Waals surface area contributed by atoms with Gasteiger partial charge in [-0.3, -0.25) is 9.69 Å². The van der Waals surface area contributed by atoms with Crippen LogP contribution in [0.1, 0.15) is 32.4 Å². The van der Waals surface area contributed by atoms with Gasteiger partial charge in [-0.1, -0.05) is 32.0 Å². The smallest absolute Gasteiger partial charge is 0.266 e. The van der Waals surface area contributed by atoms with Crippen LogP contribution in [0.2, 0.25) is 0 Å². The zero-order chi connectivity index (χ0) is 19.5. The van der Waals surface area contributed by atoms with E-state index in [0.29, 0.717) is 23.1 Å². The van der Waals surface area contributed by atoms with E-state index in [4.69, 9.17) is 9.41 Å². The van der Waals surface area contributed by atoms with Gasteiger partial charge >= 0.3 is 0 Å². The SMILES string of the molecule is CC(C)CN1C(=O)/C(=C/c2ccc(N3CCCC3)o2)SC1=Nc1ccccc1. The van der Waals surface area contributed by atoms with E-state index in [-0.39, 0.29) is 5.91 Å². The first-order chi connectivity index (χ1) is 13.6. The van der Waals surface area contributed by atoms with Crippen molar-refractivity contribution in [3.63, 3.8) is 0 Å². The molecule has 2 fully saturated rings. The van der Waals surface area contributed by atoms with Crippen LogP contribution in [0.15, 0.2) is 56.8 Å². The van der Waals surface area contributed by atoms with Crippen LogP contribution in [0.3, 0.4) is 0 Å². The van der Waals surface area contributed by atoms with Crippen LogP contribution >= 0.6 is 11.8 Å². The number of anilines is 1. The monoisotopic (exact) mass is 395 g/mol. The number of para-hydroxylation sites is 1. The minimum atomic E-state index is -0.00694. The summed E-state index contributed by atoms with van der Waals surface area (Å²) in [6, 6.07) is 13.7. The topological polar surface area (TPSA) is 49.1 Å². The summed E-state index contributed by atoms with van der Waals surface area (Å²) in [5.41, 5.74) is 0.849. The second-order valence-corrected chi connectivity index (χ2v) is 8.53. The average molecular weight is 396 g/mol. The molecule has 1 aromatic heterocycles. The van der Waals surface area contributed by atoms with Gasteiger partial charge in [-0.15, -0.1) is 0 Å². The highest BCUT2D eigenvalue weighted by Gasteiger charge is 2.34. The van der Waals surface area contributed by atoms with Gasteiger partial charge in [0.15, 0.2) is 11.1 Å². The molecule has 0 spiro atoms. The zero-order valence-corrected chi connectivity index (χ0v) is 17.1. The van der Waals surface area contributed by atoms with Gasteiger partial charge in [0, 0.05) is 31.8 Å². The molecule has 4 rings (SSSR count). The Morgan fingerprint density at radius 1 is 1.14 bits per heavy atom. The molecule has 0 bridgehead atoms. The number of carbonyl (C=O) groups is 1. The maximum Gasteiger partial charge on any atom is 0.266 e. The average Bonchev–Trinajstić information content (AvgIpc) is 3.41. The largest absolute Gasteiger partial charge is 0.441 e. The van der Waals surface area contributed by atoms with Gasteiger partial charge in [0.05, 0.1) is 10.6 Å². The maximum atomic E-state index is 13.0. The molecular weight excluding hydrogens is 370 g/mol. The van der Waals surface area contributed by atoms with Crippen LogP contribution in [0, 0.1) is 5.92 Å². The van der Waals surface area contributed by atoms with Gasteiger partial charge in [0.1, 0.15) is 5.76 Å². The van der Waals surface area contributed by atoms with Crippen LogP contribution in [-0.2, 0) is 4.79 Å². The van der Waals surface area contributed by atoms with Crippen LogP contribution in [0.25, 0.3) is 6.08 Å². The molecule has 146 valence electrons. The number of hydrogen-bond donors (Lipinski definition) is 0. The van der Waals surface area contributed by atoms with E-state index in [2.05, 4.69) is 18.7 Å².